The number of ether oxygens (including phenoxy) is 2. The third kappa shape index (κ3) is 5.76. The van der Waals surface area contributed by atoms with E-state index < -0.39 is 10.8 Å². The van der Waals surface area contributed by atoms with Crippen molar-refractivity contribution in [2.45, 2.75) is 13.8 Å². The SMILES string of the molecule is COc1ccc(C=CC(=O)NC(=S)Nc2c(C)cc(C)cc2[N+](=O)[O-])cc1OC. The quantitative estimate of drug-likeness (QED) is 0.320. The van der Waals surface area contributed by atoms with Gasteiger partial charge in [-0.1, -0.05) is 12.1 Å². The molecular formula is C20H21N3O5S. The first-order valence-corrected chi connectivity index (χ1v) is 8.93. The zero-order valence-electron chi connectivity index (χ0n) is 16.4. The molecule has 0 saturated carbocycles. The van der Waals surface area contributed by atoms with Crippen molar-refractivity contribution in [1.29, 1.82) is 0 Å². The normalized spacial score (nSPS) is 10.5. The van der Waals surface area contributed by atoms with Crippen LogP contribution < -0.4 is 20.1 Å². The summed E-state index contributed by atoms with van der Waals surface area (Å²) in [7, 11) is 3.06. The van der Waals surface area contributed by atoms with Crippen LogP contribution >= 0.6 is 12.2 Å². The largest absolute Gasteiger partial charge is 0.493 e. The molecule has 0 fully saturated rings. The van der Waals surface area contributed by atoms with Crippen LogP contribution in [0.3, 0.4) is 0 Å². The van der Waals surface area contributed by atoms with Gasteiger partial charge in [-0.3, -0.25) is 20.2 Å². The fraction of sp³-hybridized carbons (Fsp3) is 0.200. The van der Waals surface area contributed by atoms with Gasteiger partial charge in [-0.15, -0.1) is 0 Å². The number of hydrogen-bond acceptors (Lipinski definition) is 6. The predicted octanol–water partition coefficient (Wildman–Crippen LogP) is 3.76. The molecule has 0 aliphatic carbocycles. The van der Waals surface area contributed by atoms with E-state index >= 15 is 0 Å². The van der Waals surface area contributed by atoms with Gasteiger partial charge < -0.3 is 14.8 Å². The Morgan fingerprint density at radius 1 is 1.14 bits per heavy atom. The van der Waals surface area contributed by atoms with Gasteiger partial charge in [0.15, 0.2) is 16.6 Å². The van der Waals surface area contributed by atoms with Crippen molar-refractivity contribution in [2.24, 2.45) is 0 Å². The number of benzene rings is 2. The number of nitro benzene ring substituents is 1. The summed E-state index contributed by atoms with van der Waals surface area (Å²) in [5.74, 6) is 0.633. The molecule has 0 atom stereocenters. The predicted molar refractivity (Wildman–Crippen MR) is 116 cm³/mol. The standard InChI is InChI=1S/C20H21N3O5S/c1-12-9-13(2)19(15(10-12)23(25)26)22-20(29)21-18(24)8-6-14-5-7-16(27-3)17(11-14)28-4/h5-11H,1-4H3,(H2,21,22,24,29). The molecule has 1 amide bonds. The number of aryl methyl sites for hydroxylation is 2. The maximum Gasteiger partial charge on any atom is 0.293 e. The third-order valence-electron chi connectivity index (χ3n) is 3.97. The van der Waals surface area contributed by atoms with Crippen LogP contribution in [0.25, 0.3) is 6.08 Å². The summed E-state index contributed by atoms with van der Waals surface area (Å²) in [5.41, 5.74) is 2.26. The smallest absolute Gasteiger partial charge is 0.293 e. The zero-order chi connectivity index (χ0) is 21.6. The van der Waals surface area contributed by atoms with Crippen molar-refractivity contribution in [2.75, 3.05) is 19.5 Å². The fourth-order valence-electron chi connectivity index (χ4n) is 2.68. The third-order valence-corrected chi connectivity index (χ3v) is 4.17. The van der Waals surface area contributed by atoms with Gasteiger partial charge in [-0.2, -0.15) is 0 Å². The van der Waals surface area contributed by atoms with Crippen LogP contribution in [0.1, 0.15) is 16.7 Å². The number of carbonyl (C=O) groups is 1. The molecule has 0 aromatic heterocycles. The average molecular weight is 415 g/mol. The van der Waals surface area contributed by atoms with Crippen LogP contribution in [0.5, 0.6) is 11.5 Å². The van der Waals surface area contributed by atoms with Crippen molar-refractivity contribution in [3.63, 3.8) is 0 Å². The van der Waals surface area contributed by atoms with E-state index in [1.807, 2.05) is 0 Å². The molecule has 0 aliphatic rings. The van der Waals surface area contributed by atoms with Gasteiger partial charge in [0, 0.05) is 12.1 Å². The lowest BCUT2D eigenvalue weighted by Crippen LogP contribution is -2.33. The van der Waals surface area contributed by atoms with Gasteiger partial charge in [0.1, 0.15) is 5.69 Å². The topological polar surface area (TPSA) is 103 Å². The molecule has 0 spiro atoms. The van der Waals surface area contributed by atoms with Gasteiger partial charge in [0.2, 0.25) is 5.91 Å². The van der Waals surface area contributed by atoms with E-state index in [1.54, 1.807) is 44.2 Å². The van der Waals surface area contributed by atoms with E-state index in [1.165, 1.54) is 26.4 Å². The molecule has 0 bridgehead atoms. The minimum atomic E-state index is -0.496. The molecule has 9 heteroatoms. The molecule has 152 valence electrons. The van der Waals surface area contributed by atoms with Crippen molar-refractivity contribution < 1.29 is 19.2 Å². The van der Waals surface area contributed by atoms with Crippen molar-refractivity contribution in [3.8, 4) is 11.5 Å². The summed E-state index contributed by atoms with van der Waals surface area (Å²) in [6.07, 6.45) is 2.88. The van der Waals surface area contributed by atoms with Gasteiger partial charge in [0.25, 0.3) is 5.69 Å². The second kappa shape index (κ2) is 9.65. The maximum absolute atomic E-state index is 12.1. The molecule has 0 heterocycles. The summed E-state index contributed by atoms with van der Waals surface area (Å²) in [4.78, 5) is 22.9. The van der Waals surface area contributed by atoms with Crippen LogP contribution in [-0.2, 0) is 4.79 Å². The summed E-state index contributed by atoms with van der Waals surface area (Å²) < 4.78 is 10.4. The van der Waals surface area contributed by atoms with E-state index in [2.05, 4.69) is 10.6 Å². The van der Waals surface area contributed by atoms with Crippen molar-refractivity contribution in [1.82, 2.24) is 5.32 Å². The minimum absolute atomic E-state index is 0.0398. The number of hydrogen-bond donors (Lipinski definition) is 2. The van der Waals surface area contributed by atoms with Crippen LogP contribution in [0.15, 0.2) is 36.4 Å². The van der Waals surface area contributed by atoms with Crippen LogP contribution in [0.2, 0.25) is 0 Å². The number of thiocarbonyl (C=S) groups is 1. The van der Waals surface area contributed by atoms with Crippen LogP contribution in [0.4, 0.5) is 11.4 Å². The Labute approximate surface area is 173 Å². The number of nitrogens with zero attached hydrogens (tertiary/aromatic N) is 1. The first-order valence-electron chi connectivity index (χ1n) is 8.53. The molecule has 0 aliphatic heterocycles. The summed E-state index contributed by atoms with van der Waals surface area (Å²) in [5, 5.41) is 16.5. The molecule has 2 rings (SSSR count). The Balaban J connectivity index is 2.08. The molecule has 8 nitrogen and oxygen atoms in total. The van der Waals surface area contributed by atoms with E-state index in [-0.39, 0.29) is 16.5 Å². The second-order valence-corrected chi connectivity index (χ2v) is 6.53. The van der Waals surface area contributed by atoms with E-state index in [0.29, 0.717) is 17.1 Å². The Morgan fingerprint density at radius 3 is 2.45 bits per heavy atom. The van der Waals surface area contributed by atoms with E-state index in [9.17, 15) is 14.9 Å². The molecule has 2 aromatic rings. The highest BCUT2D eigenvalue weighted by atomic mass is 32.1. The molecular weight excluding hydrogens is 394 g/mol. The number of nitro groups is 1. The Bertz CT molecular complexity index is 988. The molecule has 0 saturated heterocycles. The molecule has 29 heavy (non-hydrogen) atoms. The van der Waals surface area contributed by atoms with Gasteiger partial charge in [0.05, 0.1) is 19.1 Å². The average Bonchev–Trinajstić information content (AvgIpc) is 2.67. The fourth-order valence-corrected chi connectivity index (χ4v) is 2.88. The van der Waals surface area contributed by atoms with Gasteiger partial charge in [-0.05, 0) is 61.0 Å². The molecule has 2 aromatic carbocycles. The van der Waals surface area contributed by atoms with E-state index in [0.717, 1.165) is 11.1 Å². The molecule has 0 radical (unpaired) electrons. The minimum Gasteiger partial charge on any atom is -0.493 e. The highest BCUT2D eigenvalue weighted by Gasteiger charge is 2.18. The number of rotatable bonds is 6. The summed E-state index contributed by atoms with van der Waals surface area (Å²) >= 11 is 5.12. The lowest BCUT2D eigenvalue weighted by atomic mass is 10.1. The Hall–Kier alpha value is -3.46. The second-order valence-electron chi connectivity index (χ2n) is 6.12. The van der Waals surface area contributed by atoms with Gasteiger partial charge in [-0.25, -0.2) is 0 Å². The highest BCUT2D eigenvalue weighted by Crippen LogP contribution is 2.30. The summed E-state index contributed by atoms with van der Waals surface area (Å²) in [6.45, 7) is 3.49. The number of anilines is 1. The lowest BCUT2D eigenvalue weighted by molar-refractivity contribution is -0.384. The highest BCUT2D eigenvalue weighted by molar-refractivity contribution is 7.80. The number of carbonyl (C=O) groups excluding carboxylic acids is 1. The first kappa shape index (κ1) is 21.8. The number of amides is 1. The van der Waals surface area contributed by atoms with E-state index in [4.69, 9.17) is 21.7 Å². The zero-order valence-corrected chi connectivity index (χ0v) is 17.3. The first-order chi connectivity index (χ1) is 13.7. The number of nitrogens with one attached hydrogen (secondary N) is 2. The maximum atomic E-state index is 12.1. The number of methoxy groups -OCH3 is 2. The molecule has 2 N–H and O–H groups in total. The van der Waals surface area contributed by atoms with Crippen molar-refractivity contribution >= 4 is 40.7 Å². The van der Waals surface area contributed by atoms with Crippen molar-refractivity contribution in [3.05, 3.63) is 63.2 Å². The Kier molecular flexibility index (Phi) is 7.27. The van der Waals surface area contributed by atoms with Crippen LogP contribution in [-0.4, -0.2) is 30.2 Å². The van der Waals surface area contributed by atoms with Gasteiger partial charge >= 0.3 is 0 Å². The summed E-state index contributed by atoms with van der Waals surface area (Å²) in [6, 6.07) is 8.44. The Morgan fingerprint density at radius 2 is 1.83 bits per heavy atom. The van der Waals surface area contributed by atoms with Crippen LogP contribution in [0, 0.1) is 24.0 Å². The monoisotopic (exact) mass is 415 g/mol. The lowest BCUT2D eigenvalue weighted by Gasteiger charge is -2.12. The molecule has 0 unspecified atom stereocenters.